The van der Waals surface area contributed by atoms with Crippen LogP contribution in [0.4, 0.5) is 5.69 Å². The fourth-order valence-corrected chi connectivity index (χ4v) is 2.76. The Morgan fingerprint density at radius 2 is 1.89 bits per heavy atom. The maximum atomic E-state index is 12.5. The van der Waals surface area contributed by atoms with Gasteiger partial charge in [0, 0.05) is 16.6 Å². The van der Waals surface area contributed by atoms with Gasteiger partial charge in [-0.3, -0.25) is 14.7 Å². The van der Waals surface area contributed by atoms with E-state index >= 15 is 0 Å². The number of aromatic amines is 1. The number of aromatic nitrogens is 2. The van der Waals surface area contributed by atoms with Crippen LogP contribution in [0.25, 0.3) is 10.9 Å². The summed E-state index contributed by atoms with van der Waals surface area (Å²) in [7, 11) is 0. The number of nitrogens with zero attached hydrogens (tertiary/aromatic N) is 1. The van der Waals surface area contributed by atoms with E-state index < -0.39 is 0 Å². The summed E-state index contributed by atoms with van der Waals surface area (Å²) < 4.78 is 5.06. The van der Waals surface area contributed by atoms with Crippen molar-refractivity contribution >= 4 is 28.4 Å². The minimum atomic E-state index is -0.374. The minimum absolute atomic E-state index is 0.205. The first-order valence-electron chi connectivity index (χ1n) is 8.36. The number of hydrogen-bond donors (Lipinski definition) is 3. The first-order valence-corrected chi connectivity index (χ1v) is 8.36. The van der Waals surface area contributed by atoms with E-state index in [0.29, 0.717) is 17.8 Å². The third-order valence-electron chi connectivity index (χ3n) is 4.09. The molecular weight excluding hydrogens is 344 g/mol. The van der Waals surface area contributed by atoms with E-state index in [1.807, 2.05) is 24.3 Å². The lowest BCUT2D eigenvalue weighted by Crippen LogP contribution is -2.23. The summed E-state index contributed by atoms with van der Waals surface area (Å²) in [6.07, 6.45) is 1.43. The summed E-state index contributed by atoms with van der Waals surface area (Å²) >= 11 is 0. The van der Waals surface area contributed by atoms with Crippen molar-refractivity contribution < 1.29 is 14.0 Å². The molecule has 0 atom stereocenters. The number of rotatable bonds is 5. The maximum Gasteiger partial charge on any atom is 0.291 e. The molecule has 0 unspecified atom stereocenters. The summed E-state index contributed by atoms with van der Waals surface area (Å²) in [5, 5.41) is 13.7. The highest BCUT2D eigenvalue weighted by atomic mass is 16.3. The molecule has 2 aromatic heterocycles. The molecule has 0 saturated carbocycles. The van der Waals surface area contributed by atoms with Gasteiger partial charge in [0.1, 0.15) is 0 Å². The molecule has 0 aliphatic carbocycles. The topological polar surface area (TPSA) is 100 Å². The molecule has 4 aromatic rings. The number of anilines is 1. The van der Waals surface area contributed by atoms with Crippen LogP contribution in [-0.4, -0.2) is 22.0 Å². The monoisotopic (exact) mass is 360 g/mol. The average Bonchev–Trinajstić information content (AvgIpc) is 3.36. The Kier molecular flexibility index (Phi) is 4.40. The first kappa shape index (κ1) is 16.6. The molecule has 0 aliphatic heterocycles. The lowest BCUT2D eigenvalue weighted by Gasteiger charge is -2.07. The van der Waals surface area contributed by atoms with Crippen molar-refractivity contribution in [1.82, 2.24) is 15.5 Å². The van der Waals surface area contributed by atoms with Crippen LogP contribution < -0.4 is 10.6 Å². The Morgan fingerprint density at radius 3 is 2.74 bits per heavy atom. The van der Waals surface area contributed by atoms with Crippen LogP contribution >= 0.6 is 0 Å². The number of nitrogens with one attached hydrogen (secondary N) is 3. The molecule has 3 N–H and O–H groups in total. The summed E-state index contributed by atoms with van der Waals surface area (Å²) in [5.41, 5.74) is 2.64. The summed E-state index contributed by atoms with van der Waals surface area (Å²) in [6, 6.07) is 17.6. The lowest BCUT2D eigenvalue weighted by molar-refractivity contribution is 0.0948. The zero-order valence-electron chi connectivity index (χ0n) is 14.2. The largest absolute Gasteiger partial charge is 0.459 e. The number of amides is 2. The molecular formula is C20H16N4O3. The molecule has 2 amide bonds. The number of para-hydroxylation sites is 1. The van der Waals surface area contributed by atoms with Crippen molar-refractivity contribution in [3.63, 3.8) is 0 Å². The molecule has 2 aromatic carbocycles. The number of fused-ring (bicyclic) bond motifs is 1. The highest BCUT2D eigenvalue weighted by Crippen LogP contribution is 2.16. The van der Waals surface area contributed by atoms with Crippen molar-refractivity contribution in [1.29, 1.82) is 0 Å². The van der Waals surface area contributed by atoms with E-state index in [9.17, 15) is 9.59 Å². The van der Waals surface area contributed by atoms with Gasteiger partial charge >= 0.3 is 0 Å². The van der Waals surface area contributed by atoms with Crippen LogP contribution in [0.3, 0.4) is 0 Å². The van der Waals surface area contributed by atoms with Crippen LogP contribution in [0, 0.1) is 0 Å². The molecule has 4 rings (SSSR count). The Labute approximate surface area is 154 Å². The van der Waals surface area contributed by atoms with Crippen molar-refractivity contribution in [2.75, 3.05) is 5.32 Å². The number of carbonyl (C=O) groups is 2. The van der Waals surface area contributed by atoms with E-state index in [1.165, 1.54) is 6.26 Å². The van der Waals surface area contributed by atoms with Crippen molar-refractivity contribution in [3.05, 3.63) is 83.9 Å². The highest BCUT2D eigenvalue weighted by Gasteiger charge is 2.12. The Hall–Kier alpha value is -3.87. The quantitative estimate of drug-likeness (QED) is 0.508. The molecule has 0 bridgehead atoms. The Bertz CT molecular complexity index is 1100. The first-order chi connectivity index (χ1) is 13.2. The second-order valence-corrected chi connectivity index (χ2v) is 5.91. The van der Waals surface area contributed by atoms with Gasteiger partial charge in [0.25, 0.3) is 11.8 Å². The molecule has 0 aliphatic rings. The SMILES string of the molecule is O=C(NCc1[nH]nc2ccccc12)c1cccc(NC(=O)c2ccco2)c1. The van der Waals surface area contributed by atoms with Gasteiger partial charge < -0.3 is 15.1 Å². The second kappa shape index (κ2) is 7.17. The molecule has 0 radical (unpaired) electrons. The minimum Gasteiger partial charge on any atom is -0.459 e. The van der Waals surface area contributed by atoms with Crippen LogP contribution in [0.2, 0.25) is 0 Å². The Morgan fingerprint density at radius 1 is 1.00 bits per heavy atom. The molecule has 0 fully saturated rings. The zero-order chi connectivity index (χ0) is 18.6. The van der Waals surface area contributed by atoms with E-state index in [2.05, 4.69) is 20.8 Å². The number of carbonyl (C=O) groups excluding carboxylic acids is 2. The van der Waals surface area contributed by atoms with E-state index in [-0.39, 0.29) is 17.6 Å². The van der Waals surface area contributed by atoms with E-state index in [0.717, 1.165) is 16.6 Å². The smallest absolute Gasteiger partial charge is 0.291 e. The van der Waals surface area contributed by atoms with Gasteiger partial charge in [-0.1, -0.05) is 24.3 Å². The molecule has 27 heavy (non-hydrogen) atoms. The fraction of sp³-hybridized carbons (Fsp3) is 0.0500. The second-order valence-electron chi connectivity index (χ2n) is 5.91. The zero-order valence-corrected chi connectivity index (χ0v) is 14.2. The van der Waals surface area contributed by atoms with Crippen LogP contribution in [0.1, 0.15) is 26.6 Å². The number of H-pyrrole nitrogens is 1. The van der Waals surface area contributed by atoms with Gasteiger partial charge in [0.2, 0.25) is 0 Å². The highest BCUT2D eigenvalue weighted by molar-refractivity contribution is 6.03. The molecule has 7 heteroatoms. The molecule has 7 nitrogen and oxygen atoms in total. The molecule has 134 valence electrons. The van der Waals surface area contributed by atoms with Crippen LogP contribution in [-0.2, 0) is 6.54 Å². The van der Waals surface area contributed by atoms with Gasteiger partial charge in [-0.15, -0.1) is 0 Å². The van der Waals surface area contributed by atoms with E-state index in [1.54, 1.807) is 36.4 Å². The number of hydrogen-bond acceptors (Lipinski definition) is 4. The predicted molar refractivity (Wildman–Crippen MR) is 100 cm³/mol. The molecule has 2 heterocycles. The Balaban J connectivity index is 1.43. The number of furan rings is 1. The van der Waals surface area contributed by atoms with Crippen molar-refractivity contribution in [3.8, 4) is 0 Å². The van der Waals surface area contributed by atoms with Gasteiger partial charge in [-0.25, -0.2) is 0 Å². The summed E-state index contributed by atoms with van der Waals surface area (Å²) in [5.74, 6) is -0.416. The average molecular weight is 360 g/mol. The fourth-order valence-electron chi connectivity index (χ4n) is 2.76. The number of benzene rings is 2. The van der Waals surface area contributed by atoms with Gasteiger partial charge in [0.15, 0.2) is 5.76 Å². The van der Waals surface area contributed by atoms with Crippen molar-refractivity contribution in [2.45, 2.75) is 6.54 Å². The van der Waals surface area contributed by atoms with Crippen LogP contribution in [0.5, 0.6) is 0 Å². The third kappa shape index (κ3) is 3.57. The predicted octanol–water partition coefficient (Wildman–Crippen LogP) is 3.34. The molecule has 0 saturated heterocycles. The standard InChI is InChI=1S/C20H16N4O3/c25-19(21-12-17-15-7-1-2-8-16(15)23-24-17)13-5-3-6-14(11-13)22-20(26)18-9-4-10-27-18/h1-11H,12H2,(H,21,25)(H,22,26)(H,23,24). The van der Waals surface area contributed by atoms with E-state index in [4.69, 9.17) is 4.42 Å². The summed E-state index contributed by atoms with van der Waals surface area (Å²) in [6.45, 7) is 0.322. The maximum absolute atomic E-state index is 12.5. The van der Waals surface area contributed by atoms with Crippen LogP contribution in [0.15, 0.2) is 71.3 Å². The van der Waals surface area contributed by atoms with Gasteiger partial charge in [0.05, 0.1) is 24.0 Å². The van der Waals surface area contributed by atoms with Crippen molar-refractivity contribution in [2.24, 2.45) is 0 Å². The normalized spacial score (nSPS) is 10.7. The third-order valence-corrected chi connectivity index (χ3v) is 4.09. The lowest BCUT2D eigenvalue weighted by atomic mass is 10.1. The molecule has 0 spiro atoms. The van der Waals surface area contributed by atoms with Gasteiger partial charge in [-0.2, -0.15) is 5.10 Å². The summed E-state index contributed by atoms with van der Waals surface area (Å²) in [4.78, 5) is 24.5. The van der Waals surface area contributed by atoms with Gasteiger partial charge in [-0.05, 0) is 36.4 Å².